The second-order valence-corrected chi connectivity index (χ2v) is 8.16. The van der Waals surface area contributed by atoms with E-state index in [1.807, 2.05) is 25.1 Å². The predicted octanol–water partition coefficient (Wildman–Crippen LogP) is 5.60. The fourth-order valence-electron chi connectivity index (χ4n) is 3.84. The standard InChI is InChI=1S/C24H31FN4O/c1-15(2)29(16(3)4)12-11-26-21-10-9-18(13-17(21)5)27-14-19-23-20(25)7-6-8-22(23)28-24(19)30/h6-10,13-16,26,28,30H,11-12H2,1-5H3. The Kier molecular flexibility index (Phi) is 6.77. The van der Waals surface area contributed by atoms with E-state index >= 15 is 0 Å². The number of hydrogen-bond acceptors (Lipinski definition) is 4. The van der Waals surface area contributed by atoms with Crippen molar-refractivity contribution in [2.75, 3.05) is 18.4 Å². The molecule has 3 rings (SSSR count). The van der Waals surface area contributed by atoms with Gasteiger partial charge in [-0.3, -0.25) is 9.89 Å². The number of hydrogen-bond donors (Lipinski definition) is 3. The van der Waals surface area contributed by atoms with Gasteiger partial charge in [-0.25, -0.2) is 4.39 Å². The van der Waals surface area contributed by atoms with E-state index in [4.69, 9.17) is 0 Å². The van der Waals surface area contributed by atoms with Crippen LogP contribution in [0, 0.1) is 12.7 Å². The van der Waals surface area contributed by atoms with Crippen LogP contribution in [0.4, 0.5) is 15.8 Å². The summed E-state index contributed by atoms with van der Waals surface area (Å²) in [5.74, 6) is -0.480. The van der Waals surface area contributed by atoms with E-state index in [-0.39, 0.29) is 5.88 Å². The normalized spacial score (nSPS) is 12.2. The second-order valence-electron chi connectivity index (χ2n) is 8.16. The number of aromatic hydroxyl groups is 1. The molecule has 0 saturated heterocycles. The summed E-state index contributed by atoms with van der Waals surface area (Å²) in [6.45, 7) is 12.7. The first-order valence-electron chi connectivity index (χ1n) is 10.4. The van der Waals surface area contributed by atoms with Crippen LogP contribution in [0.5, 0.6) is 5.88 Å². The molecule has 0 aliphatic rings. The van der Waals surface area contributed by atoms with E-state index in [9.17, 15) is 9.50 Å². The Morgan fingerprint density at radius 2 is 1.90 bits per heavy atom. The summed E-state index contributed by atoms with van der Waals surface area (Å²) in [5, 5.41) is 14.0. The van der Waals surface area contributed by atoms with E-state index in [1.54, 1.807) is 12.1 Å². The molecule has 6 heteroatoms. The number of aromatic nitrogens is 1. The van der Waals surface area contributed by atoms with E-state index in [0.29, 0.717) is 28.6 Å². The molecule has 3 aromatic rings. The summed E-state index contributed by atoms with van der Waals surface area (Å²) in [5.41, 5.74) is 3.79. The number of nitrogens with zero attached hydrogens (tertiary/aromatic N) is 2. The molecule has 1 aromatic heterocycles. The lowest BCUT2D eigenvalue weighted by molar-refractivity contribution is 0.182. The van der Waals surface area contributed by atoms with Crippen LogP contribution in [0.15, 0.2) is 41.4 Å². The lowest BCUT2D eigenvalue weighted by Crippen LogP contribution is -2.40. The van der Waals surface area contributed by atoms with Crippen molar-refractivity contribution in [2.45, 2.75) is 46.7 Å². The summed E-state index contributed by atoms with van der Waals surface area (Å²) in [7, 11) is 0. The molecule has 30 heavy (non-hydrogen) atoms. The third-order valence-corrected chi connectivity index (χ3v) is 5.36. The van der Waals surface area contributed by atoms with Crippen LogP contribution in [0.2, 0.25) is 0 Å². The summed E-state index contributed by atoms with van der Waals surface area (Å²) < 4.78 is 14.2. The minimum atomic E-state index is -0.391. The first-order valence-corrected chi connectivity index (χ1v) is 10.4. The van der Waals surface area contributed by atoms with Crippen molar-refractivity contribution in [3.8, 4) is 5.88 Å². The third-order valence-electron chi connectivity index (χ3n) is 5.36. The first-order chi connectivity index (χ1) is 14.3. The molecule has 1 heterocycles. The molecular weight excluding hydrogens is 379 g/mol. The van der Waals surface area contributed by atoms with Gasteiger partial charge in [-0.05, 0) is 70.5 Å². The van der Waals surface area contributed by atoms with E-state index in [0.717, 1.165) is 30.0 Å². The Morgan fingerprint density at radius 3 is 2.57 bits per heavy atom. The molecule has 0 aliphatic carbocycles. The maximum absolute atomic E-state index is 14.2. The number of aryl methyl sites for hydroxylation is 1. The van der Waals surface area contributed by atoms with Crippen molar-refractivity contribution in [1.82, 2.24) is 9.88 Å². The molecule has 0 aliphatic heterocycles. The Bertz CT molecular complexity index is 1030. The maximum atomic E-state index is 14.2. The van der Waals surface area contributed by atoms with Crippen molar-refractivity contribution in [3.63, 3.8) is 0 Å². The molecule has 0 spiro atoms. The van der Waals surface area contributed by atoms with Crippen molar-refractivity contribution in [2.24, 2.45) is 4.99 Å². The molecule has 3 N–H and O–H groups in total. The lowest BCUT2D eigenvalue weighted by atomic mass is 10.1. The van der Waals surface area contributed by atoms with Gasteiger partial charge in [0.25, 0.3) is 0 Å². The highest BCUT2D eigenvalue weighted by Gasteiger charge is 2.14. The molecular formula is C24H31FN4O. The highest BCUT2D eigenvalue weighted by Crippen LogP contribution is 2.29. The van der Waals surface area contributed by atoms with Gasteiger partial charge >= 0.3 is 0 Å². The molecule has 2 aromatic carbocycles. The molecule has 0 saturated carbocycles. The number of rotatable bonds is 8. The number of benzene rings is 2. The number of anilines is 1. The van der Waals surface area contributed by atoms with Gasteiger partial charge in [-0.15, -0.1) is 0 Å². The zero-order valence-corrected chi connectivity index (χ0v) is 18.3. The van der Waals surface area contributed by atoms with E-state index in [2.05, 4.69) is 47.9 Å². The first kappa shape index (κ1) is 21.8. The predicted molar refractivity (Wildman–Crippen MR) is 124 cm³/mol. The largest absolute Gasteiger partial charge is 0.494 e. The Hall–Kier alpha value is -2.86. The highest BCUT2D eigenvalue weighted by molar-refractivity contribution is 6.02. The van der Waals surface area contributed by atoms with Crippen molar-refractivity contribution >= 4 is 28.5 Å². The number of fused-ring (bicyclic) bond motifs is 1. The molecule has 5 nitrogen and oxygen atoms in total. The average Bonchev–Trinajstić information content (AvgIpc) is 3.00. The highest BCUT2D eigenvalue weighted by atomic mass is 19.1. The Morgan fingerprint density at radius 1 is 1.17 bits per heavy atom. The third kappa shape index (κ3) is 4.82. The summed E-state index contributed by atoms with van der Waals surface area (Å²) in [6, 6.07) is 11.6. The molecule has 160 valence electrons. The molecule has 0 radical (unpaired) electrons. The summed E-state index contributed by atoms with van der Waals surface area (Å²) in [6.07, 6.45) is 1.50. The Balaban J connectivity index is 1.71. The number of aromatic amines is 1. The van der Waals surface area contributed by atoms with Gasteiger partial charge in [0.2, 0.25) is 0 Å². The van der Waals surface area contributed by atoms with Crippen LogP contribution in [0.3, 0.4) is 0 Å². The van der Waals surface area contributed by atoms with Crippen LogP contribution in [-0.2, 0) is 0 Å². The maximum Gasteiger partial charge on any atom is 0.198 e. The van der Waals surface area contributed by atoms with Gasteiger partial charge in [0.1, 0.15) is 5.82 Å². The van der Waals surface area contributed by atoms with Crippen LogP contribution < -0.4 is 5.32 Å². The van der Waals surface area contributed by atoms with Crippen molar-refractivity contribution in [1.29, 1.82) is 0 Å². The topological polar surface area (TPSA) is 63.7 Å². The number of H-pyrrole nitrogens is 1. The Labute approximate surface area is 177 Å². The minimum absolute atomic E-state index is 0.0892. The SMILES string of the molecule is Cc1cc(N=Cc2c(O)[nH]c3cccc(F)c23)ccc1NCCN(C(C)C)C(C)C. The minimum Gasteiger partial charge on any atom is -0.494 e. The fraction of sp³-hybridized carbons (Fsp3) is 0.375. The molecule has 0 amide bonds. The van der Waals surface area contributed by atoms with Crippen LogP contribution in [-0.4, -0.2) is 46.4 Å². The zero-order chi connectivity index (χ0) is 21.8. The molecule has 0 fully saturated rings. The monoisotopic (exact) mass is 410 g/mol. The molecule has 0 atom stereocenters. The lowest BCUT2D eigenvalue weighted by Gasteiger charge is -2.30. The van der Waals surface area contributed by atoms with Crippen LogP contribution >= 0.6 is 0 Å². The summed E-state index contributed by atoms with van der Waals surface area (Å²) in [4.78, 5) is 9.69. The zero-order valence-electron chi connectivity index (χ0n) is 18.3. The smallest absolute Gasteiger partial charge is 0.198 e. The summed E-state index contributed by atoms with van der Waals surface area (Å²) >= 11 is 0. The number of nitrogens with one attached hydrogen (secondary N) is 2. The van der Waals surface area contributed by atoms with Crippen molar-refractivity contribution < 1.29 is 9.50 Å². The van der Waals surface area contributed by atoms with E-state index in [1.165, 1.54) is 12.3 Å². The van der Waals surface area contributed by atoms with Gasteiger partial charge in [-0.1, -0.05) is 6.07 Å². The molecule has 0 unspecified atom stereocenters. The van der Waals surface area contributed by atoms with Crippen molar-refractivity contribution in [3.05, 3.63) is 53.3 Å². The van der Waals surface area contributed by atoms with Gasteiger partial charge < -0.3 is 15.4 Å². The second kappa shape index (κ2) is 9.30. The van der Waals surface area contributed by atoms with Gasteiger partial charge in [-0.2, -0.15) is 0 Å². The molecule has 0 bridgehead atoms. The van der Waals surface area contributed by atoms with Gasteiger partial charge in [0.15, 0.2) is 5.88 Å². The van der Waals surface area contributed by atoms with Gasteiger partial charge in [0, 0.05) is 42.5 Å². The van der Waals surface area contributed by atoms with Crippen LogP contribution in [0.25, 0.3) is 10.9 Å². The van der Waals surface area contributed by atoms with E-state index < -0.39 is 5.82 Å². The van der Waals surface area contributed by atoms with Crippen LogP contribution in [0.1, 0.15) is 38.8 Å². The number of aliphatic imine (C=N–C) groups is 1. The average molecular weight is 411 g/mol. The number of halogens is 1. The van der Waals surface area contributed by atoms with Gasteiger partial charge in [0.05, 0.1) is 16.8 Å². The quantitative estimate of drug-likeness (QED) is 0.423. The fourth-order valence-corrected chi connectivity index (χ4v) is 3.84.